The van der Waals surface area contributed by atoms with E-state index in [9.17, 15) is 4.57 Å². The van der Waals surface area contributed by atoms with Crippen molar-refractivity contribution >= 4 is 29.3 Å². The summed E-state index contributed by atoms with van der Waals surface area (Å²) in [5.41, 5.74) is 0. The maximum atomic E-state index is 10.5. The van der Waals surface area contributed by atoms with Gasteiger partial charge in [0.05, 0.1) is 0 Å². The molecule has 1 atom stereocenters. The molecule has 50 valence electrons. The second-order valence-electron chi connectivity index (χ2n) is 1.79. The first-order chi connectivity index (χ1) is 3.42. The van der Waals surface area contributed by atoms with E-state index in [1.54, 1.807) is 0 Å². The number of nitrogens with one attached hydrogen (secondary N) is 1. The molecule has 0 aromatic rings. The van der Waals surface area contributed by atoms with Crippen LogP contribution in [0.15, 0.2) is 0 Å². The summed E-state index contributed by atoms with van der Waals surface area (Å²) in [7, 11) is 0. The molecule has 2 nitrogen and oxygen atoms in total. The van der Waals surface area contributed by atoms with Gasteiger partial charge in [0.25, 0.3) is 5.85 Å². The zero-order valence-corrected chi connectivity index (χ0v) is 7.30. The van der Waals surface area contributed by atoms with Gasteiger partial charge in [0.1, 0.15) is 0 Å². The fourth-order valence-corrected chi connectivity index (χ4v) is 2.23. The molecule has 1 N–H and O–H groups in total. The summed E-state index contributed by atoms with van der Waals surface area (Å²) >= 11 is 8.84. The molecule has 0 bridgehead atoms. The van der Waals surface area contributed by atoms with Gasteiger partial charge in [0, 0.05) is 6.04 Å². The van der Waals surface area contributed by atoms with E-state index in [2.05, 4.69) is 17.3 Å². The zero-order chi connectivity index (χ0) is 6.78. The minimum Gasteiger partial charge on any atom is -0.277 e. The Morgan fingerprint density at radius 1 is 1.75 bits per heavy atom. The van der Waals surface area contributed by atoms with Crippen molar-refractivity contribution in [2.45, 2.75) is 19.9 Å². The van der Waals surface area contributed by atoms with Crippen molar-refractivity contribution in [1.82, 2.24) is 5.09 Å². The highest BCUT2D eigenvalue weighted by molar-refractivity contribution is 8.55. The highest BCUT2D eigenvalue weighted by Crippen LogP contribution is 2.51. The first-order valence-electron chi connectivity index (χ1n) is 2.22. The third kappa shape index (κ3) is 6.83. The molecular formula is C3H9ClNOPS. The van der Waals surface area contributed by atoms with Crippen LogP contribution in [0.5, 0.6) is 0 Å². The fraction of sp³-hybridized carbons (Fsp3) is 1.00. The molecule has 0 aliphatic carbocycles. The first kappa shape index (κ1) is 8.83. The van der Waals surface area contributed by atoms with Gasteiger partial charge in [-0.05, 0) is 25.1 Å². The molecule has 1 unspecified atom stereocenters. The Kier molecular flexibility index (Phi) is 3.44. The van der Waals surface area contributed by atoms with Crippen LogP contribution >= 0.6 is 29.3 Å². The van der Waals surface area contributed by atoms with E-state index in [0.717, 1.165) is 0 Å². The molecular weight excluding hydrogens is 165 g/mol. The van der Waals surface area contributed by atoms with E-state index in [4.69, 9.17) is 11.2 Å². The van der Waals surface area contributed by atoms with Gasteiger partial charge in [-0.3, -0.25) is 4.57 Å². The Labute approximate surface area is 59.4 Å². The van der Waals surface area contributed by atoms with Gasteiger partial charge >= 0.3 is 0 Å². The summed E-state index contributed by atoms with van der Waals surface area (Å²) in [6.07, 6.45) is 0. The summed E-state index contributed by atoms with van der Waals surface area (Å²) in [6, 6.07) is 0.121. The minimum atomic E-state index is -2.81. The lowest BCUT2D eigenvalue weighted by Gasteiger charge is -2.07. The van der Waals surface area contributed by atoms with Crippen molar-refractivity contribution in [2.24, 2.45) is 0 Å². The lowest BCUT2D eigenvalue weighted by atomic mass is 10.4. The largest absolute Gasteiger partial charge is 0.284 e. The molecule has 8 heavy (non-hydrogen) atoms. The Balaban J connectivity index is 3.56. The van der Waals surface area contributed by atoms with E-state index < -0.39 is 5.85 Å². The van der Waals surface area contributed by atoms with Crippen LogP contribution in [-0.2, 0) is 4.57 Å². The average molecular weight is 174 g/mol. The lowest BCUT2D eigenvalue weighted by molar-refractivity contribution is 0.578. The van der Waals surface area contributed by atoms with Crippen LogP contribution in [-0.4, -0.2) is 6.04 Å². The number of halogens is 1. The van der Waals surface area contributed by atoms with E-state index in [0.29, 0.717) is 0 Å². The monoisotopic (exact) mass is 173 g/mol. The summed E-state index contributed by atoms with van der Waals surface area (Å²) in [6.45, 7) is 3.70. The van der Waals surface area contributed by atoms with Crippen LogP contribution in [0.3, 0.4) is 0 Å². The molecule has 0 saturated heterocycles. The van der Waals surface area contributed by atoms with Crippen LogP contribution in [0, 0.1) is 0 Å². The Morgan fingerprint density at radius 2 is 2.12 bits per heavy atom. The topological polar surface area (TPSA) is 29.1 Å². The predicted octanol–water partition coefficient (Wildman–Crippen LogP) is 2.26. The minimum absolute atomic E-state index is 0.121. The average Bonchev–Trinajstić information content (AvgIpc) is 1.21. The lowest BCUT2D eigenvalue weighted by Crippen LogP contribution is -2.14. The van der Waals surface area contributed by atoms with Crippen LogP contribution in [0.25, 0.3) is 0 Å². The second kappa shape index (κ2) is 3.11. The summed E-state index contributed by atoms with van der Waals surface area (Å²) in [5.74, 6) is -2.81. The predicted molar refractivity (Wildman–Crippen MR) is 40.7 cm³/mol. The van der Waals surface area contributed by atoms with Gasteiger partial charge in [-0.15, -0.1) is 0 Å². The summed E-state index contributed by atoms with van der Waals surface area (Å²) in [4.78, 5) is 0. The highest BCUT2D eigenvalue weighted by atomic mass is 35.7. The van der Waals surface area contributed by atoms with Gasteiger partial charge in [-0.2, -0.15) is 0 Å². The van der Waals surface area contributed by atoms with Crippen LogP contribution in [0.2, 0.25) is 0 Å². The van der Waals surface area contributed by atoms with Gasteiger partial charge in [-0.1, -0.05) is 12.2 Å². The van der Waals surface area contributed by atoms with Gasteiger partial charge in [0.15, 0.2) is 0 Å². The van der Waals surface area contributed by atoms with Crippen molar-refractivity contribution in [1.29, 1.82) is 0 Å². The SMILES string of the molecule is CC(C)NP(=O)(S)Cl. The van der Waals surface area contributed by atoms with E-state index in [1.165, 1.54) is 0 Å². The number of rotatable bonds is 2. The number of hydrogen-bond donors (Lipinski definition) is 2. The molecule has 0 heterocycles. The van der Waals surface area contributed by atoms with E-state index in [-0.39, 0.29) is 6.04 Å². The van der Waals surface area contributed by atoms with Gasteiger partial charge in [-0.25, -0.2) is 5.09 Å². The summed E-state index contributed by atoms with van der Waals surface area (Å²) in [5, 5.41) is 2.57. The van der Waals surface area contributed by atoms with Crippen molar-refractivity contribution in [3.63, 3.8) is 0 Å². The highest BCUT2D eigenvalue weighted by Gasteiger charge is 2.10. The number of thiol groups is 1. The van der Waals surface area contributed by atoms with E-state index in [1.807, 2.05) is 13.8 Å². The molecule has 0 spiro atoms. The molecule has 0 aliphatic rings. The molecule has 0 aromatic heterocycles. The van der Waals surface area contributed by atoms with Crippen molar-refractivity contribution in [3.05, 3.63) is 0 Å². The Hall–Kier alpha value is 0.830. The number of hydrogen-bond acceptors (Lipinski definition) is 1. The van der Waals surface area contributed by atoms with Gasteiger partial charge < -0.3 is 0 Å². The van der Waals surface area contributed by atoms with Crippen LogP contribution in [0.4, 0.5) is 0 Å². The molecule has 0 rings (SSSR count). The molecule has 0 radical (unpaired) electrons. The zero-order valence-electron chi connectivity index (χ0n) is 4.76. The molecule has 0 amide bonds. The normalized spacial score (nSPS) is 18.6. The Bertz CT molecular complexity index is 112. The standard InChI is InChI=1S/C3H9ClNOPS/c1-3(2)5-7(4,6)8/h3H,1-2H3,(H2,5,6,8). The molecule has 0 fully saturated rings. The van der Waals surface area contributed by atoms with Crippen molar-refractivity contribution < 1.29 is 4.57 Å². The van der Waals surface area contributed by atoms with Crippen LogP contribution in [0.1, 0.15) is 13.8 Å². The Morgan fingerprint density at radius 3 is 2.12 bits per heavy atom. The molecule has 0 aromatic carbocycles. The fourth-order valence-electron chi connectivity index (χ4n) is 0.318. The maximum absolute atomic E-state index is 10.5. The van der Waals surface area contributed by atoms with Gasteiger partial charge in [0.2, 0.25) is 0 Å². The van der Waals surface area contributed by atoms with Crippen molar-refractivity contribution in [2.75, 3.05) is 0 Å². The maximum Gasteiger partial charge on any atom is 0.284 e. The second-order valence-corrected chi connectivity index (χ2v) is 6.87. The first-order valence-corrected chi connectivity index (χ1v) is 5.98. The molecule has 0 saturated carbocycles. The third-order valence-corrected chi connectivity index (χ3v) is 1.89. The van der Waals surface area contributed by atoms with Crippen LogP contribution < -0.4 is 5.09 Å². The molecule has 0 aliphatic heterocycles. The molecule has 5 heteroatoms. The van der Waals surface area contributed by atoms with E-state index >= 15 is 0 Å². The smallest absolute Gasteiger partial charge is 0.277 e. The summed E-state index contributed by atoms with van der Waals surface area (Å²) < 4.78 is 10.5. The van der Waals surface area contributed by atoms with Crippen molar-refractivity contribution in [3.8, 4) is 0 Å². The quantitative estimate of drug-likeness (QED) is 0.496. The third-order valence-electron chi connectivity index (χ3n) is 0.417.